The van der Waals surface area contributed by atoms with E-state index in [1.165, 1.54) is 19.1 Å². The number of hydrogen-bond acceptors (Lipinski definition) is 5. The summed E-state index contributed by atoms with van der Waals surface area (Å²) in [5, 5.41) is -0.513. The Hall–Kier alpha value is -2.75. The Morgan fingerprint density at radius 2 is 1.86 bits per heavy atom. The Morgan fingerprint density at radius 1 is 1.14 bits per heavy atom. The molecule has 0 aliphatic carbocycles. The largest absolute Gasteiger partial charge is 0.481 e. The molecule has 0 spiro atoms. The maximum Gasteiger partial charge on any atom is 0.447 e. The Kier molecular flexibility index (Phi) is 6.90. The first kappa shape index (κ1) is 21.5. The summed E-state index contributed by atoms with van der Waals surface area (Å²) in [5.74, 6) is -1.07. The van der Waals surface area contributed by atoms with Crippen molar-refractivity contribution in [3.05, 3.63) is 53.2 Å². The molecule has 10 heteroatoms. The van der Waals surface area contributed by atoms with Crippen molar-refractivity contribution in [2.24, 2.45) is 0 Å². The fourth-order valence-electron chi connectivity index (χ4n) is 2.14. The van der Waals surface area contributed by atoms with Gasteiger partial charge in [-0.3, -0.25) is 20.4 Å². The van der Waals surface area contributed by atoms with Crippen LogP contribution in [0.4, 0.5) is 13.2 Å². The molecule has 0 bridgehead atoms. The van der Waals surface area contributed by atoms with E-state index in [0.29, 0.717) is 5.75 Å². The van der Waals surface area contributed by atoms with Crippen molar-refractivity contribution in [2.75, 3.05) is 0 Å². The van der Waals surface area contributed by atoms with Crippen molar-refractivity contribution in [2.45, 2.75) is 37.4 Å². The highest BCUT2D eigenvalue weighted by Gasteiger charge is 2.32. The molecule has 1 heterocycles. The van der Waals surface area contributed by atoms with Crippen molar-refractivity contribution < 1.29 is 27.5 Å². The van der Waals surface area contributed by atoms with Gasteiger partial charge in [0.05, 0.1) is 5.56 Å². The molecule has 0 fully saturated rings. The lowest BCUT2D eigenvalue weighted by atomic mass is 10.1. The molecule has 0 saturated carbocycles. The zero-order valence-electron chi connectivity index (χ0n) is 15.3. The van der Waals surface area contributed by atoms with Crippen LogP contribution in [0.2, 0.25) is 0 Å². The lowest BCUT2D eigenvalue weighted by Crippen LogP contribution is -2.47. The molecule has 0 aliphatic heterocycles. The zero-order chi connectivity index (χ0) is 20.9. The van der Waals surface area contributed by atoms with E-state index in [2.05, 4.69) is 15.8 Å². The monoisotopic (exact) mass is 413 g/mol. The third-order valence-electron chi connectivity index (χ3n) is 3.76. The first-order chi connectivity index (χ1) is 13.1. The van der Waals surface area contributed by atoms with E-state index in [1.54, 1.807) is 12.1 Å². The van der Waals surface area contributed by atoms with Crippen molar-refractivity contribution in [3.63, 3.8) is 0 Å². The van der Waals surface area contributed by atoms with E-state index >= 15 is 0 Å². The Bertz CT molecular complexity index is 875. The summed E-state index contributed by atoms with van der Waals surface area (Å²) in [6.07, 6.45) is 0.197. The summed E-state index contributed by atoms with van der Waals surface area (Å²) >= 11 is -0.508. The number of benzene rings is 1. The van der Waals surface area contributed by atoms with Crippen LogP contribution in [-0.2, 0) is 4.79 Å². The minimum atomic E-state index is -4.60. The lowest BCUT2D eigenvalue weighted by Gasteiger charge is -2.17. The number of thioether (sulfide) groups is 1. The highest BCUT2D eigenvalue weighted by molar-refractivity contribution is 8.00. The molecular formula is C18H18F3N3O3S. The van der Waals surface area contributed by atoms with Crippen LogP contribution in [-0.4, -0.2) is 28.4 Å². The van der Waals surface area contributed by atoms with Crippen LogP contribution in [0.15, 0.2) is 41.6 Å². The van der Waals surface area contributed by atoms with Gasteiger partial charge in [-0.1, -0.05) is 12.1 Å². The summed E-state index contributed by atoms with van der Waals surface area (Å²) in [6, 6.07) is 7.90. The smallest absolute Gasteiger partial charge is 0.447 e. The molecule has 2 aromatic rings. The third kappa shape index (κ3) is 5.88. The molecule has 1 aromatic heterocycles. The average Bonchev–Trinajstić information content (AvgIpc) is 2.62. The van der Waals surface area contributed by atoms with Gasteiger partial charge in [0, 0.05) is 18.0 Å². The minimum Gasteiger partial charge on any atom is -0.481 e. The first-order valence-corrected chi connectivity index (χ1v) is 8.94. The second-order valence-electron chi connectivity index (χ2n) is 5.81. The van der Waals surface area contributed by atoms with E-state index < -0.39 is 40.2 Å². The Labute approximate surface area is 163 Å². The summed E-state index contributed by atoms with van der Waals surface area (Å²) in [7, 11) is 0. The van der Waals surface area contributed by atoms with Gasteiger partial charge < -0.3 is 4.74 Å². The summed E-state index contributed by atoms with van der Waals surface area (Å²) in [4.78, 5) is 27.9. The molecule has 0 saturated heterocycles. The predicted molar refractivity (Wildman–Crippen MR) is 97.8 cm³/mol. The highest BCUT2D eigenvalue weighted by atomic mass is 32.2. The number of aryl methyl sites for hydroxylation is 1. The number of aromatic nitrogens is 1. The molecule has 1 unspecified atom stereocenters. The molecule has 28 heavy (non-hydrogen) atoms. The van der Waals surface area contributed by atoms with Crippen LogP contribution in [0.3, 0.4) is 0 Å². The van der Waals surface area contributed by atoms with Crippen LogP contribution in [0.1, 0.15) is 28.4 Å². The maximum atomic E-state index is 12.6. The highest BCUT2D eigenvalue weighted by Crippen LogP contribution is 2.37. The van der Waals surface area contributed by atoms with Crippen LogP contribution < -0.4 is 15.6 Å². The second kappa shape index (κ2) is 8.96. The molecule has 2 rings (SSSR count). The van der Waals surface area contributed by atoms with E-state index in [1.807, 2.05) is 19.9 Å². The topological polar surface area (TPSA) is 80.3 Å². The number of ether oxygens (including phenoxy) is 1. The van der Waals surface area contributed by atoms with Crippen LogP contribution in [0.5, 0.6) is 5.75 Å². The summed E-state index contributed by atoms with van der Waals surface area (Å²) in [5.41, 5.74) is 1.17. The average molecular weight is 413 g/mol. The Morgan fingerprint density at radius 3 is 2.54 bits per heavy atom. The molecule has 0 radical (unpaired) electrons. The standard InChI is InChI=1S/C18H18F3N3O3S/c1-10-6-4-8-14(11(10)2)27-12(3)15(25)23-24-16(26)13-7-5-9-22-17(13)28-18(19,20)21/h4-9,12H,1-3H3,(H,23,25)(H,24,26). The van der Waals surface area contributed by atoms with Gasteiger partial charge >= 0.3 is 5.51 Å². The van der Waals surface area contributed by atoms with Crippen molar-refractivity contribution in [1.82, 2.24) is 15.8 Å². The number of carbonyl (C=O) groups is 2. The number of amides is 2. The molecule has 2 N–H and O–H groups in total. The van der Waals surface area contributed by atoms with Gasteiger partial charge in [-0.15, -0.1) is 0 Å². The third-order valence-corrected chi connectivity index (χ3v) is 4.51. The van der Waals surface area contributed by atoms with Crippen LogP contribution in [0, 0.1) is 13.8 Å². The molecule has 2 amide bonds. The number of carbonyl (C=O) groups excluding carboxylic acids is 2. The van der Waals surface area contributed by atoms with Gasteiger partial charge in [-0.25, -0.2) is 4.98 Å². The fraction of sp³-hybridized carbons (Fsp3) is 0.278. The number of rotatable bonds is 5. The van der Waals surface area contributed by atoms with Crippen LogP contribution >= 0.6 is 11.8 Å². The van der Waals surface area contributed by atoms with Gasteiger partial charge in [-0.05, 0) is 50.1 Å². The molecule has 1 atom stereocenters. The summed E-state index contributed by atoms with van der Waals surface area (Å²) in [6.45, 7) is 5.23. The van der Waals surface area contributed by atoms with Crippen molar-refractivity contribution >= 4 is 23.6 Å². The van der Waals surface area contributed by atoms with Crippen molar-refractivity contribution in [1.29, 1.82) is 0 Å². The Balaban J connectivity index is 1.99. The van der Waals surface area contributed by atoms with E-state index in [4.69, 9.17) is 4.74 Å². The number of nitrogens with zero attached hydrogens (tertiary/aromatic N) is 1. The van der Waals surface area contributed by atoms with E-state index in [9.17, 15) is 22.8 Å². The zero-order valence-corrected chi connectivity index (χ0v) is 16.1. The quantitative estimate of drug-likeness (QED) is 0.579. The van der Waals surface area contributed by atoms with Gasteiger partial charge in [-0.2, -0.15) is 13.2 Å². The van der Waals surface area contributed by atoms with Crippen molar-refractivity contribution in [3.8, 4) is 5.75 Å². The number of hydrazine groups is 1. The van der Waals surface area contributed by atoms with Crippen LogP contribution in [0.25, 0.3) is 0 Å². The number of nitrogens with one attached hydrogen (secondary N) is 2. The van der Waals surface area contributed by atoms with Gasteiger partial charge in [0.25, 0.3) is 11.8 Å². The van der Waals surface area contributed by atoms with Gasteiger partial charge in [0.2, 0.25) is 0 Å². The molecule has 0 aliphatic rings. The summed E-state index contributed by atoms with van der Waals surface area (Å²) < 4.78 is 43.3. The maximum absolute atomic E-state index is 12.6. The van der Waals surface area contributed by atoms with E-state index in [0.717, 1.165) is 17.3 Å². The molecule has 150 valence electrons. The molecule has 1 aromatic carbocycles. The lowest BCUT2D eigenvalue weighted by molar-refractivity contribution is -0.128. The van der Waals surface area contributed by atoms with E-state index in [-0.39, 0.29) is 5.56 Å². The van der Waals surface area contributed by atoms with Gasteiger partial charge in [0.1, 0.15) is 10.8 Å². The number of hydrogen-bond donors (Lipinski definition) is 2. The SMILES string of the molecule is Cc1cccc(OC(C)C(=O)NNC(=O)c2cccnc2SC(F)(F)F)c1C. The minimum absolute atomic E-state index is 0.312. The molecular weight excluding hydrogens is 395 g/mol. The second-order valence-corrected chi connectivity index (χ2v) is 6.86. The fourth-order valence-corrected chi connectivity index (χ4v) is 2.74. The number of halogens is 3. The number of pyridine rings is 1. The normalized spacial score (nSPS) is 12.2. The number of alkyl halides is 3. The van der Waals surface area contributed by atoms with Gasteiger partial charge in [0.15, 0.2) is 6.10 Å². The first-order valence-electron chi connectivity index (χ1n) is 8.12. The predicted octanol–water partition coefficient (Wildman–Crippen LogP) is 3.54. The molecule has 6 nitrogen and oxygen atoms in total.